The van der Waals surface area contributed by atoms with E-state index in [2.05, 4.69) is 30.9 Å². The average Bonchev–Trinajstić information content (AvgIpc) is 2.61. The van der Waals surface area contributed by atoms with Crippen LogP contribution in [0.3, 0.4) is 0 Å². The van der Waals surface area contributed by atoms with Crippen LogP contribution < -0.4 is 5.73 Å². The minimum Gasteiger partial charge on any atom is -0.369 e. The van der Waals surface area contributed by atoms with Crippen LogP contribution in [0.1, 0.15) is 35.1 Å². The fourth-order valence-corrected chi connectivity index (χ4v) is 3.08. The van der Waals surface area contributed by atoms with Crippen molar-refractivity contribution in [1.82, 2.24) is 14.9 Å². The van der Waals surface area contributed by atoms with E-state index in [1.165, 1.54) is 36.5 Å². The molecule has 2 heterocycles. The molecule has 9 heteroatoms. The van der Waals surface area contributed by atoms with Crippen molar-refractivity contribution in [3.05, 3.63) is 57.8 Å². The van der Waals surface area contributed by atoms with Gasteiger partial charge in [0.15, 0.2) is 11.8 Å². The van der Waals surface area contributed by atoms with Gasteiger partial charge in [-0.2, -0.15) is 0 Å². The smallest absolute Gasteiger partial charge is 0.231 e. The van der Waals surface area contributed by atoms with Gasteiger partial charge in [0.1, 0.15) is 5.82 Å². The van der Waals surface area contributed by atoms with E-state index in [1.54, 1.807) is 13.0 Å². The van der Waals surface area contributed by atoms with Crippen LogP contribution in [0.15, 0.2) is 40.1 Å². The van der Waals surface area contributed by atoms with Crippen LogP contribution >= 0.6 is 15.9 Å². The van der Waals surface area contributed by atoms with Crippen LogP contribution in [0.5, 0.6) is 0 Å². The highest BCUT2D eigenvalue weighted by Gasteiger charge is 2.38. The van der Waals surface area contributed by atoms with E-state index >= 15 is 0 Å². The number of rotatable bonds is 4. The Hall–Kier alpha value is -2.68. The van der Waals surface area contributed by atoms with E-state index in [0.29, 0.717) is 10.0 Å². The van der Waals surface area contributed by atoms with Gasteiger partial charge in [0.25, 0.3) is 0 Å². The minimum absolute atomic E-state index is 0.00195. The van der Waals surface area contributed by atoms with Crippen molar-refractivity contribution in [3.63, 3.8) is 0 Å². The first-order valence-electron chi connectivity index (χ1n) is 8.11. The van der Waals surface area contributed by atoms with Crippen LogP contribution in [0, 0.1) is 5.82 Å². The van der Waals surface area contributed by atoms with Crippen molar-refractivity contribution in [2.24, 2.45) is 10.7 Å². The number of benzene rings is 1. The Morgan fingerprint density at radius 1 is 1.37 bits per heavy atom. The molecule has 0 aliphatic carbocycles. The predicted octanol–water partition coefficient (Wildman–Crippen LogP) is 2.20. The minimum atomic E-state index is -1.13. The molecule has 0 spiro atoms. The fourth-order valence-electron chi connectivity index (χ4n) is 2.88. The summed E-state index contributed by atoms with van der Waals surface area (Å²) in [5.74, 6) is -0.964. The van der Waals surface area contributed by atoms with E-state index in [4.69, 9.17) is 5.73 Å². The summed E-state index contributed by atoms with van der Waals surface area (Å²) in [6, 6.07) is 4.32. The third kappa shape index (κ3) is 3.87. The van der Waals surface area contributed by atoms with Crippen LogP contribution in [-0.2, 0) is 16.8 Å². The van der Waals surface area contributed by atoms with Gasteiger partial charge in [-0.1, -0.05) is 6.07 Å². The van der Waals surface area contributed by atoms with E-state index in [9.17, 15) is 14.0 Å². The quantitative estimate of drug-likeness (QED) is 0.744. The van der Waals surface area contributed by atoms with Gasteiger partial charge in [0, 0.05) is 31.4 Å². The molecule has 2 N–H and O–H groups in total. The van der Waals surface area contributed by atoms with Crippen LogP contribution in [0.4, 0.5) is 4.39 Å². The molecule has 0 bridgehead atoms. The van der Waals surface area contributed by atoms with Gasteiger partial charge in [-0.3, -0.25) is 14.5 Å². The number of carbonyl (C=O) groups excluding carboxylic acids is 2. The van der Waals surface area contributed by atoms with Gasteiger partial charge >= 0.3 is 0 Å². The Morgan fingerprint density at radius 3 is 2.67 bits per heavy atom. The number of hydrogen-bond donors (Lipinski definition) is 1. The molecule has 1 amide bonds. The second-order valence-corrected chi connectivity index (χ2v) is 7.43. The molecule has 3 rings (SSSR count). The zero-order valence-corrected chi connectivity index (χ0v) is 16.3. The number of Topliss-reactive ketones (excluding diaryl/α,β-unsaturated/α-hetero) is 1. The molecule has 1 aliphatic heterocycles. The zero-order valence-electron chi connectivity index (χ0n) is 14.7. The molecule has 7 nitrogen and oxygen atoms in total. The van der Waals surface area contributed by atoms with Crippen molar-refractivity contribution in [3.8, 4) is 0 Å². The summed E-state index contributed by atoms with van der Waals surface area (Å²) in [6.45, 7) is 1.65. The Balaban J connectivity index is 1.92. The lowest BCUT2D eigenvalue weighted by atomic mass is 9.86. The lowest BCUT2D eigenvalue weighted by molar-refractivity contribution is -0.128. The molecule has 27 heavy (non-hydrogen) atoms. The summed E-state index contributed by atoms with van der Waals surface area (Å²) in [4.78, 5) is 38.0. The highest BCUT2D eigenvalue weighted by atomic mass is 79.9. The van der Waals surface area contributed by atoms with Crippen molar-refractivity contribution in [2.75, 3.05) is 7.05 Å². The molecule has 1 aromatic heterocycles. The number of aromatic nitrogens is 2. The number of nitrogens with two attached hydrogens (primary N) is 1. The van der Waals surface area contributed by atoms with Crippen molar-refractivity contribution < 1.29 is 14.0 Å². The summed E-state index contributed by atoms with van der Waals surface area (Å²) >= 11 is 3.21. The largest absolute Gasteiger partial charge is 0.369 e. The SMILES string of the molecule is CN1C(=O)CC(C)(c2cc(CC(=O)c3ncc(Br)cn3)ccc2F)N=C1N. The molecular weight excluding hydrogens is 417 g/mol. The second kappa shape index (κ2) is 7.15. The summed E-state index contributed by atoms with van der Waals surface area (Å²) in [6.07, 6.45) is 2.95. The number of ketones is 1. The van der Waals surface area contributed by atoms with Crippen LogP contribution in [0.25, 0.3) is 0 Å². The van der Waals surface area contributed by atoms with Crippen LogP contribution in [0.2, 0.25) is 0 Å². The number of nitrogens with zero attached hydrogens (tertiary/aromatic N) is 4. The van der Waals surface area contributed by atoms with Gasteiger partial charge in [-0.15, -0.1) is 0 Å². The van der Waals surface area contributed by atoms with E-state index in [0.717, 1.165) is 0 Å². The van der Waals surface area contributed by atoms with Gasteiger partial charge in [-0.25, -0.2) is 19.4 Å². The summed E-state index contributed by atoms with van der Waals surface area (Å²) in [5.41, 5.74) is 5.45. The third-order valence-corrected chi connectivity index (χ3v) is 4.83. The highest BCUT2D eigenvalue weighted by molar-refractivity contribution is 9.10. The fraction of sp³-hybridized carbons (Fsp3) is 0.278. The average molecular weight is 434 g/mol. The normalized spacial score (nSPS) is 19.8. The first kappa shape index (κ1) is 19.1. The van der Waals surface area contributed by atoms with E-state index < -0.39 is 11.4 Å². The maximum atomic E-state index is 14.5. The highest BCUT2D eigenvalue weighted by Crippen LogP contribution is 2.35. The molecule has 1 aromatic carbocycles. The summed E-state index contributed by atoms with van der Waals surface area (Å²) in [5, 5.41) is 0. The van der Waals surface area contributed by atoms with Crippen LogP contribution in [-0.4, -0.2) is 39.6 Å². The second-order valence-electron chi connectivity index (χ2n) is 6.51. The Morgan fingerprint density at radius 2 is 2.04 bits per heavy atom. The van der Waals surface area contributed by atoms with Crippen molar-refractivity contribution in [1.29, 1.82) is 0 Å². The molecule has 0 fully saturated rings. The number of guanidine groups is 1. The van der Waals surface area contributed by atoms with Gasteiger partial charge < -0.3 is 5.73 Å². The maximum Gasteiger partial charge on any atom is 0.231 e. The summed E-state index contributed by atoms with van der Waals surface area (Å²) < 4.78 is 15.2. The Kier molecular flexibility index (Phi) is 5.05. The van der Waals surface area contributed by atoms with Crippen molar-refractivity contribution >= 4 is 33.6 Å². The van der Waals surface area contributed by atoms with Gasteiger partial charge in [-0.05, 0) is 40.5 Å². The molecule has 1 atom stereocenters. The molecule has 1 unspecified atom stereocenters. The maximum absolute atomic E-state index is 14.5. The number of carbonyl (C=O) groups is 2. The number of amides is 1. The van der Waals surface area contributed by atoms with Gasteiger partial charge in [0.05, 0.1) is 16.4 Å². The monoisotopic (exact) mass is 433 g/mol. The topological polar surface area (TPSA) is 102 Å². The first-order chi connectivity index (χ1) is 12.7. The predicted molar refractivity (Wildman–Crippen MR) is 101 cm³/mol. The number of halogens is 2. The molecule has 0 saturated heterocycles. The van der Waals surface area contributed by atoms with E-state index in [1.807, 2.05) is 0 Å². The zero-order chi connectivity index (χ0) is 19.8. The first-order valence-corrected chi connectivity index (χ1v) is 8.90. The lowest BCUT2D eigenvalue weighted by Crippen LogP contribution is -2.47. The molecule has 0 saturated carbocycles. The molecule has 2 aromatic rings. The Labute approximate surface area is 163 Å². The lowest BCUT2D eigenvalue weighted by Gasteiger charge is -2.34. The summed E-state index contributed by atoms with van der Waals surface area (Å²) in [7, 11) is 1.52. The third-order valence-electron chi connectivity index (χ3n) is 4.42. The van der Waals surface area contributed by atoms with Crippen molar-refractivity contribution in [2.45, 2.75) is 25.3 Å². The molecule has 0 radical (unpaired) electrons. The van der Waals surface area contributed by atoms with Gasteiger partial charge in [0.2, 0.25) is 11.7 Å². The molecule has 1 aliphatic rings. The number of aliphatic imine (C=N–C) groups is 1. The standard InChI is InChI=1S/C18H17BrFN5O2/c1-18(7-15(27)25(2)17(21)24-18)12-5-10(3-4-13(12)20)6-14(26)16-22-8-11(19)9-23-16/h3-5,8-9H,6-7H2,1-2H3,(H2,21,24). The Bertz CT molecular complexity index is 947. The van der Waals surface area contributed by atoms with E-state index in [-0.39, 0.29) is 41.9 Å². The number of hydrogen-bond acceptors (Lipinski definition) is 6. The molecular formula is C18H17BrFN5O2. The molecule has 140 valence electrons.